The predicted molar refractivity (Wildman–Crippen MR) is 65.3 cm³/mol. The quantitative estimate of drug-likeness (QED) is 0.691. The summed E-state index contributed by atoms with van der Waals surface area (Å²) in [5.74, 6) is 0.756. The van der Waals surface area contributed by atoms with Crippen LogP contribution in [0, 0.1) is 5.92 Å². The van der Waals surface area contributed by atoms with Crippen molar-refractivity contribution in [2.24, 2.45) is 5.92 Å². The molecule has 1 unspecified atom stereocenters. The Labute approximate surface area is 99.1 Å². The summed E-state index contributed by atoms with van der Waals surface area (Å²) in [7, 11) is 0. The molecule has 3 nitrogen and oxygen atoms in total. The smallest absolute Gasteiger partial charge is 0.307 e. The Morgan fingerprint density at radius 3 is 2.62 bits per heavy atom. The lowest BCUT2D eigenvalue weighted by Gasteiger charge is -2.21. The minimum absolute atomic E-state index is 0.0764. The molecule has 0 bridgehead atoms. The first-order valence-corrected chi connectivity index (χ1v) is 6.35. The van der Waals surface area contributed by atoms with Crippen LogP contribution in [0.5, 0.6) is 0 Å². The number of esters is 1. The molecule has 0 spiro atoms. The zero-order chi connectivity index (χ0) is 12.2. The zero-order valence-corrected chi connectivity index (χ0v) is 11.1. The summed E-state index contributed by atoms with van der Waals surface area (Å²) in [5, 5.41) is 0. The van der Waals surface area contributed by atoms with E-state index in [1.807, 2.05) is 20.8 Å². The lowest BCUT2D eigenvalue weighted by atomic mass is 10.1. The zero-order valence-electron chi connectivity index (χ0n) is 11.1. The van der Waals surface area contributed by atoms with Crippen LogP contribution in [0.15, 0.2) is 0 Å². The van der Waals surface area contributed by atoms with Crippen LogP contribution < -0.4 is 0 Å². The van der Waals surface area contributed by atoms with Crippen molar-refractivity contribution in [2.45, 2.75) is 52.6 Å². The summed E-state index contributed by atoms with van der Waals surface area (Å²) < 4.78 is 5.29. The van der Waals surface area contributed by atoms with Crippen LogP contribution in [-0.2, 0) is 9.53 Å². The summed E-state index contributed by atoms with van der Waals surface area (Å²) in [6.07, 6.45) is 3.06. The van der Waals surface area contributed by atoms with Crippen LogP contribution in [0.3, 0.4) is 0 Å². The van der Waals surface area contributed by atoms with Crippen LogP contribution in [0.4, 0.5) is 0 Å². The van der Waals surface area contributed by atoms with E-state index in [9.17, 15) is 4.79 Å². The van der Waals surface area contributed by atoms with E-state index < -0.39 is 0 Å². The van der Waals surface area contributed by atoms with Gasteiger partial charge in [0.05, 0.1) is 6.42 Å². The third-order valence-electron chi connectivity index (χ3n) is 3.00. The predicted octanol–water partition coefficient (Wildman–Crippen LogP) is 2.45. The Kier molecular flexibility index (Phi) is 4.78. The van der Waals surface area contributed by atoms with Crippen molar-refractivity contribution in [3.63, 3.8) is 0 Å². The fourth-order valence-corrected chi connectivity index (χ4v) is 2.09. The van der Waals surface area contributed by atoms with Crippen LogP contribution in [0.25, 0.3) is 0 Å². The summed E-state index contributed by atoms with van der Waals surface area (Å²) in [6, 6.07) is 0. The van der Waals surface area contributed by atoms with Gasteiger partial charge in [-0.1, -0.05) is 13.3 Å². The van der Waals surface area contributed by atoms with E-state index in [1.54, 1.807) is 0 Å². The second kappa shape index (κ2) is 5.67. The van der Waals surface area contributed by atoms with E-state index >= 15 is 0 Å². The molecule has 3 heteroatoms. The normalized spacial score (nSPS) is 22.4. The Balaban J connectivity index is 2.18. The van der Waals surface area contributed by atoms with Gasteiger partial charge in [0.15, 0.2) is 0 Å². The first-order chi connectivity index (χ1) is 7.40. The number of carbonyl (C=O) groups excluding carboxylic acids is 1. The molecule has 0 aromatic carbocycles. The highest BCUT2D eigenvalue weighted by Crippen LogP contribution is 2.19. The summed E-state index contributed by atoms with van der Waals surface area (Å²) in [4.78, 5) is 13.9. The van der Waals surface area contributed by atoms with Gasteiger partial charge in [0.25, 0.3) is 0 Å². The van der Waals surface area contributed by atoms with Crippen molar-refractivity contribution in [3.8, 4) is 0 Å². The fraction of sp³-hybridized carbons (Fsp3) is 0.923. The largest absolute Gasteiger partial charge is 0.460 e. The maximum Gasteiger partial charge on any atom is 0.307 e. The average Bonchev–Trinajstić information content (AvgIpc) is 2.59. The molecule has 0 saturated carbocycles. The summed E-state index contributed by atoms with van der Waals surface area (Å²) >= 11 is 0. The van der Waals surface area contributed by atoms with E-state index in [0.29, 0.717) is 6.42 Å². The highest BCUT2D eigenvalue weighted by atomic mass is 16.6. The number of hydrogen-bond donors (Lipinski definition) is 0. The number of hydrogen-bond acceptors (Lipinski definition) is 3. The van der Waals surface area contributed by atoms with E-state index in [0.717, 1.165) is 25.6 Å². The minimum Gasteiger partial charge on any atom is -0.460 e. The van der Waals surface area contributed by atoms with Crippen LogP contribution in [0.1, 0.15) is 47.0 Å². The van der Waals surface area contributed by atoms with Crippen molar-refractivity contribution < 1.29 is 9.53 Å². The van der Waals surface area contributed by atoms with Crippen molar-refractivity contribution in [1.82, 2.24) is 4.90 Å². The van der Waals surface area contributed by atoms with E-state index in [2.05, 4.69) is 11.8 Å². The fourth-order valence-electron chi connectivity index (χ4n) is 2.09. The molecule has 0 N–H and O–H groups in total. The Hall–Kier alpha value is -0.570. The van der Waals surface area contributed by atoms with E-state index in [-0.39, 0.29) is 11.6 Å². The van der Waals surface area contributed by atoms with Crippen LogP contribution in [-0.4, -0.2) is 36.1 Å². The molecule has 0 amide bonds. The van der Waals surface area contributed by atoms with Crippen molar-refractivity contribution in [2.75, 3.05) is 19.6 Å². The highest BCUT2D eigenvalue weighted by molar-refractivity contribution is 5.70. The van der Waals surface area contributed by atoms with Crippen LogP contribution in [0.2, 0.25) is 0 Å². The molecule has 0 radical (unpaired) electrons. The van der Waals surface area contributed by atoms with Gasteiger partial charge in [-0.05, 0) is 39.7 Å². The monoisotopic (exact) mass is 227 g/mol. The molecule has 1 fully saturated rings. The number of nitrogens with zero attached hydrogens (tertiary/aromatic N) is 1. The standard InChI is InChI=1S/C13H25NO2/c1-5-11-6-8-14(10-11)9-7-12(15)16-13(2,3)4/h11H,5-10H2,1-4H3. The van der Waals surface area contributed by atoms with Gasteiger partial charge in [-0.2, -0.15) is 0 Å². The van der Waals surface area contributed by atoms with E-state index in [1.165, 1.54) is 12.8 Å². The van der Waals surface area contributed by atoms with Crippen molar-refractivity contribution in [3.05, 3.63) is 0 Å². The van der Waals surface area contributed by atoms with E-state index in [4.69, 9.17) is 4.74 Å². The molecule has 16 heavy (non-hydrogen) atoms. The first kappa shape index (κ1) is 13.5. The van der Waals surface area contributed by atoms with Gasteiger partial charge in [0.2, 0.25) is 0 Å². The SMILES string of the molecule is CCC1CCN(CCC(=O)OC(C)(C)C)C1. The highest BCUT2D eigenvalue weighted by Gasteiger charge is 2.22. The van der Waals surface area contributed by atoms with Gasteiger partial charge in [-0.3, -0.25) is 4.79 Å². The number of carbonyl (C=O) groups is 1. The molecule has 1 aliphatic rings. The van der Waals surface area contributed by atoms with Gasteiger partial charge in [-0.25, -0.2) is 0 Å². The average molecular weight is 227 g/mol. The van der Waals surface area contributed by atoms with Gasteiger partial charge >= 0.3 is 5.97 Å². The lowest BCUT2D eigenvalue weighted by molar-refractivity contribution is -0.155. The summed E-state index contributed by atoms with van der Waals surface area (Å²) in [5.41, 5.74) is -0.353. The van der Waals surface area contributed by atoms with Gasteiger partial charge in [0, 0.05) is 13.1 Å². The summed E-state index contributed by atoms with van der Waals surface area (Å²) in [6.45, 7) is 11.1. The Morgan fingerprint density at radius 1 is 1.44 bits per heavy atom. The molecule has 0 aromatic rings. The third kappa shape index (κ3) is 4.97. The maximum atomic E-state index is 11.5. The molecular weight excluding hydrogens is 202 g/mol. The molecule has 1 heterocycles. The van der Waals surface area contributed by atoms with Crippen molar-refractivity contribution >= 4 is 5.97 Å². The second-order valence-electron chi connectivity index (χ2n) is 5.70. The van der Waals surface area contributed by atoms with Gasteiger partial charge in [0.1, 0.15) is 5.60 Å². The number of likely N-dealkylation sites (tertiary alicyclic amines) is 1. The minimum atomic E-state index is -0.353. The molecular formula is C13H25NO2. The first-order valence-electron chi connectivity index (χ1n) is 6.35. The molecule has 94 valence electrons. The molecule has 0 aliphatic carbocycles. The third-order valence-corrected chi connectivity index (χ3v) is 3.00. The second-order valence-corrected chi connectivity index (χ2v) is 5.70. The van der Waals surface area contributed by atoms with Gasteiger partial charge in [-0.15, -0.1) is 0 Å². The van der Waals surface area contributed by atoms with Crippen molar-refractivity contribution in [1.29, 1.82) is 0 Å². The number of rotatable bonds is 4. The molecule has 1 saturated heterocycles. The topological polar surface area (TPSA) is 29.5 Å². The number of ether oxygens (including phenoxy) is 1. The molecule has 0 aromatic heterocycles. The Bertz CT molecular complexity index is 233. The molecule has 1 aliphatic heterocycles. The lowest BCUT2D eigenvalue weighted by Crippen LogP contribution is -2.28. The van der Waals surface area contributed by atoms with Crippen LogP contribution >= 0.6 is 0 Å². The molecule has 1 atom stereocenters. The maximum absolute atomic E-state index is 11.5. The molecule has 1 rings (SSSR count). The Morgan fingerprint density at radius 2 is 2.12 bits per heavy atom. The van der Waals surface area contributed by atoms with Gasteiger partial charge < -0.3 is 9.64 Å².